The average Bonchev–Trinajstić information content (AvgIpc) is 2.47. The number of carbonyl (C=O) groups is 1. The smallest absolute Gasteiger partial charge is 0.153 e. The molecule has 0 aliphatic carbocycles. The molecule has 0 fully saturated rings. The number of para-hydroxylation sites is 1. The van der Waals surface area contributed by atoms with Gasteiger partial charge in [-0.1, -0.05) is 18.2 Å². The lowest BCUT2D eigenvalue weighted by Crippen LogP contribution is -2.34. The molecule has 0 saturated carbocycles. The van der Waals surface area contributed by atoms with Crippen LogP contribution < -0.4 is 4.90 Å². The molecule has 1 aromatic heterocycles. The van der Waals surface area contributed by atoms with Gasteiger partial charge in [0.2, 0.25) is 0 Å². The molecule has 1 unspecified atom stereocenters. The van der Waals surface area contributed by atoms with Crippen LogP contribution in [-0.2, 0) is 6.42 Å². The normalized spacial score (nSPS) is 17.9. The molecule has 1 aliphatic heterocycles. The van der Waals surface area contributed by atoms with Gasteiger partial charge in [0.25, 0.3) is 0 Å². The Morgan fingerprint density at radius 3 is 2.95 bits per heavy atom. The molecule has 19 heavy (non-hydrogen) atoms. The summed E-state index contributed by atoms with van der Waals surface area (Å²) in [6, 6.07) is 12.3. The van der Waals surface area contributed by atoms with Crippen LogP contribution in [0.3, 0.4) is 0 Å². The van der Waals surface area contributed by atoms with Crippen LogP contribution >= 0.6 is 0 Å². The maximum atomic E-state index is 11.2. The van der Waals surface area contributed by atoms with Crippen molar-refractivity contribution in [2.45, 2.75) is 25.8 Å². The summed E-state index contributed by atoms with van der Waals surface area (Å²) < 4.78 is 0. The van der Waals surface area contributed by atoms with E-state index in [1.54, 1.807) is 12.3 Å². The van der Waals surface area contributed by atoms with Crippen molar-refractivity contribution >= 4 is 17.8 Å². The van der Waals surface area contributed by atoms with Gasteiger partial charge in [-0.05, 0) is 43.5 Å². The number of nitrogens with zero attached hydrogens (tertiary/aromatic N) is 2. The molecule has 1 atom stereocenters. The first-order valence-corrected chi connectivity index (χ1v) is 6.58. The topological polar surface area (TPSA) is 33.2 Å². The molecule has 1 aromatic carbocycles. The average molecular weight is 252 g/mol. The fourth-order valence-corrected chi connectivity index (χ4v) is 2.71. The van der Waals surface area contributed by atoms with Crippen LogP contribution in [0.1, 0.15) is 29.3 Å². The van der Waals surface area contributed by atoms with Crippen LogP contribution in [0.5, 0.6) is 0 Å². The predicted octanol–water partition coefficient (Wildman–Crippen LogP) is 3.37. The number of rotatable bonds is 2. The summed E-state index contributed by atoms with van der Waals surface area (Å²) >= 11 is 0. The van der Waals surface area contributed by atoms with E-state index in [0.717, 1.165) is 24.9 Å². The molecule has 0 spiro atoms. The van der Waals surface area contributed by atoms with Crippen LogP contribution in [-0.4, -0.2) is 17.3 Å². The number of carbonyl (C=O) groups excluding carboxylic acids is 1. The molecule has 0 saturated heterocycles. The molecule has 2 heterocycles. The van der Waals surface area contributed by atoms with Gasteiger partial charge < -0.3 is 4.90 Å². The SMILES string of the molecule is CC1CCc2ccccc2N1c1ncccc1C=O. The standard InChI is InChI=1S/C16H16N2O/c1-12-8-9-13-5-2-3-7-15(13)18(12)16-14(11-19)6-4-10-17-16/h2-7,10-12H,8-9H2,1H3. The van der Waals surface area contributed by atoms with Crippen molar-refractivity contribution in [1.82, 2.24) is 4.98 Å². The molecule has 0 bridgehead atoms. The number of aromatic nitrogens is 1. The molecule has 1 aliphatic rings. The van der Waals surface area contributed by atoms with Gasteiger partial charge in [-0.15, -0.1) is 0 Å². The van der Waals surface area contributed by atoms with E-state index in [-0.39, 0.29) is 0 Å². The van der Waals surface area contributed by atoms with Crippen LogP contribution in [0.2, 0.25) is 0 Å². The molecule has 3 rings (SSSR count). The summed E-state index contributed by atoms with van der Waals surface area (Å²) in [7, 11) is 0. The van der Waals surface area contributed by atoms with Gasteiger partial charge in [-0.3, -0.25) is 4.79 Å². The summed E-state index contributed by atoms with van der Waals surface area (Å²) in [5.74, 6) is 0.761. The molecule has 3 nitrogen and oxygen atoms in total. The van der Waals surface area contributed by atoms with E-state index in [2.05, 4.69) is 35.0 Å². The van der Waals surface area contributed by atoms with E-state index in [9.17, 15) is 4.79 Å². The zero-order valence-corrected chi connectivity index (χ0v) is 10.9. The van der Waals surface area contributed by atoms with Crippen LogP contribution in [0.4, 0.5) is 11.5 Å². The van der Waals surface area contributed by atoms with Crippen molar-refractivity contribution in [2.75, 3.05) is 4.90 Å². The quantitative estimate of drug-likeness (QED) is 0.768. The number of hydrogen-bond acceptors (Lipinski definition) is 3. The van der Waals surface area contributed by atoms with E-state index >= 15 is 0 Å². The van der Waals surface area contributed by atoms with Crippen LogP contribution in [0.15, 0.2) is 42.6 Å². The monoisotopic (exact) mass is 252 g/mol. The third-order valence-electron chi connectivity index (χ3n) is 3.70. The lowest BCUT2D eigenvalue weighted by atomic mass is 9.96. The minimum absolute atomic E-state index is 0.350. The Hall–Kier alpha value is -2.16. The first kappa shape index (κ1) is 11.9. The Bertz CT molecular complexity index is 609. The summed E-state index contributed by atoms with van der Waals surface area (Å²) in [6.45, 7) is 2.18. The first-order valence-electron chi connectivity index (χ1n) is 6.58. The maximum absolute atomic E-state index is 11.2. The fourth-order valence-electron chi connectivity index (χ4n) is 2.71. The Morgan fingerprint density at radius 2 is 2.11 bits per heavy atom. The van der Waals surface area contributed by atoms with Crippen LogP contribution in [0.25, 0.3) is 0 Å². The van der Waals surface area contributed by atoms with Gasteiger partial charge in [0.15, 0.2) is 6.29 Å². The van der Waals surface area contributed by atoms with E-state index < -0.39 is 0 Å². The van der Waals surface area contributed by atoms with Crippen molar-refractivity contribution in [3.8, 4) is 0 Å². The van der Waals surface area contributed by atoms with Gasteiger partial charge in [-0.25, -0.2) is 4.98 Å². The highest BCUT2D eigenvalue weighted by Crippen LogP contribution is 2.36. The van der Waals surface area contributed by atoms with Crippen molar-refractivity contribution in [3.63, 3.8) is 0 Å². The second-order valence-electron chi connectivity index (χ2n) is 4.92. The molecule has 96 valence electrons. The van der Waals surface area contributed by atoms with Gasteiger partial charge in [0.05, 0.1) is 5.56 Å². The summed E-state index contributed by atoms with van der Waals surface area (Å²) in [4.78, 5) is 17.8. The van der Waals surface area contributed by atoms with E-state index in [1.807, 2.05) is 12.1 Å². The van der Waals surface area contributed by atoms with Gasteiger partial charge >= 0.3 is 0 Å². The molecule has 0 amide bonds. The number of pyridine rings is 1. The lowest BCUT2D eigenvalue weighted by molar-refractivity contribution is 0.112. The van der Waals surface area contributed by atoms with Crippen molar-refractivity contribution < 1.29 is 4.79 Å². The van der Waals surface area contributed by atoms with Crippen molar-refractivity contribution in [1.29, 1.82) is 0 Å². The number of fused-ring (bicyclic) bond motifs is 1. The highest BCUT2D eigenvalue weighted by Gasteiger charge is 2.26. The summed E-state index contributed by atoms with van der Waals surface area (Å²) in [5, 5.41) is 0. The molecular formula is C16H16N2O. The summed E-state index contributed by atoms with van der Waals surface area (Å²) in [6.07, 6.45) is 4.78. The number of benzene rings is 1. The van der Waals surface area contributed by atoms with E-state index in [1.165, 1.54) is 11.3 Å². The fraction of sp³-hybridized carbons (Fsp3) is 0.250. The third-order valence-corrected chi connectivity index (χ3v) is 3.70. The molecule has 3 heteroatoms. The minimum atomic E-state index is 0.350. The zero-order chi connectivity index (χ0) is 13.2. The number of aryl methyl sites for hydroxylation is 1. The maximum Gasteiger partial charge on any atom is 0.153 e. The lowest BCUT2D eigenvalue weighted by Gasteiger charge is -2.36. The van der Waals surface area contributed by atoms with Gasteiger partial charge in [0.1, 0.15) is 5.82 Å². The Morgan fingerprint density at radius 1 is 1.26 bits per heavy atom. The number of hydrogen-bond donors (Lipinski definition) is 0. The van der Waals surface area contributed by atoms with E-state index in [4.69, 9.17) is 0 Å². The molecular weight excluding hydrogens is 236 g/mol. The number of anilines is 2. The predicted molar refractivity (Wildman–Crippen MR) is 76.0 cm³/mol. The third kappa shape index (κ3) is 2.01. The Balaban J connectivity index is 2.16. The second-order valence-corrected chi connectivity index (χ2v) is 4.92. The highest BCUT2D eigenvalue weighted by molar-refractivity contribution is 5.85. The van der Waals surface area contributed by atoms with Crippen molar-refractivity contribution in [3.05, 3.63) is 53.7 Å². The van der Waals surface area contributed by atoms with Crippen LogP contribution in [0, 0.1) is 0 Å². The second kappa shape index (κ2) is 4.84. The Labute approximate surface area is 112 Å². The molecule has 0 N–H and O–H groups in total. The van der Waals surface area contributed by atoms with E-state index in [0.29, 0.717) is 11.6 Å². The zero-order valence-electron chi connectivity index (χ0n) is 10.9. The first-order chi connectivity index (χ1) is 9.31. The largest absolute Gasteiger partial charge is 0.323 e. The van der Waals surface area contributed by atoms with Gasteiger partial charge in [-0.2, -0.15) is 0 Å². The number of aldehydes is 1. The molecule has 2 aromatic rings. The molecule has 0 radical (unpaired) electrons. The Kier molecular flexibility index (Phi) is 3.03. The highest BCUT2D eigenvalue weighted by atomic mass is 16.1. The van der Waals surface area contributed by atoms with Crippen molar-refractivity contribution in [2.24, 2.45) is 0 Å². The van der Waals surface area contributed by atoms with Gasteiger partial charge in [0, 0.05) is 17.9 Å². The minimum Gasteiger partial charge on any atom is -0.323 e. The summed E-state index contributed by atoms with van der Waals surface area (Å²) in [5.41, 5.74) is 3.14.